The number of rotatable bonds is 6. The minimum absolute atomic E-state index is 0.103. The number of phenolic OH excluding ortho intramolecular Hbond substituents is 2. The predicted octanol–water partition coefficient (Wildman–Crippen LogP) is 5.87. The van der Waals surface area contributed by atoms with Crippen LogP contribution < -0.4 is 0 Å². The molecular formula is C22H21IO2. The lowest BCUT2D eigenvalue weighted by Gasteiger charge is -2.24. The normalized spacial score (nSPS) is 13.0. The molecule has 0 heterocycles. The lowest BCUT2D eigenvalue weighted by molar-refractivity contribution is 0.475. The van der Waals surface area contributed by atoms with Gasteiger partial charge in [0, 0.05) is 5.92 Å². The van der Waals surface area contributed by atoms with Gasteiger partial charge >= 0.3 is 0 Å². The Morgan fingerprint density at radius 3 is 1.72 bits per heavy atom. The molecule has 0 aromatic heterocycles. The molecule has 128 valence electrons. The smallest absolute Gasteiger partial charge is 0.115 e. The topological polar surface area (TPSA) is 40.5 Å². The molecule has 0 aliphatic heterocycles. The van der Waals surface area contributed by atoms with E-state index < -0.39 is 0 Å². The second-order valence-electron chi connectivity index (χ2n) is 6.11. The third-order valence-corrected chi connectivity index (χ3v) is 5.18. The average Bonchev–Trinajstić information content (AvgIpc) is 3.15. The Balaban J connectivity index is 2.12. The van der Waals surface area contributed by atoms with Crippen LogP contribution >= 0.6 is 22.6 Å². The predicted molar refractivity (Wildman–Crippen MR) is 111 cm³/mol. The van der Waals surface area contributed by atoms with Crippen LogP contribution in [0.1, 0.15) is 29.9 Å². The lowest BCUT2D eigenvalue weighted by atomic mass is 9.80. The second kappa shape index (κ2) is 8.39. The number of halogens is 1. The van der Waals surface area contributed by atoms with Crippen LogP contribution in [0.5, 0.6) is 11.5 Å². The maximum Gasteiger partial charge on any atom is 0.115 e. The SMILES string of the molecule is Oc1ccc(C(C(CCCI)=C2C=CC=C2)c2ccc(O)cc2)cc1. The Labute approximate surface area is 162 Å². The molecule has 0 atom stereocenters. The monoisotopic (exact) mass is 444 g/mol. The molecule has 0 radical (unpaired) electrons. The zero-order chi connectivity index (χ0) is 17.6. The summed E-state index contributed by atoms with van der Waals surface area (Å²) < 4.78 is 1.11. The molecule has 3 rings (SSSR count). The molecule has 2 aromatic rings. The molecule has 2 N–H and O–H groups in total. The largest absolute Gasteiger partial charge is 0.508 e. The minimum atomic E-state index is 0.103. The summed E-state index contributed by atoms with van der Waals surface area (Å²) in [6, 6.07) is 14.9. The summed E-state index contributed by atoms with van der Waals surface area (Å²) in [5, 5.41) is 19.3. The van der Waals surface area contributed by atoms with E-state index in [-0.39, 0.29) is 17.4 Å². The standard InChI is InChI=1S/C22H21IO2/c23-15-3-6-21(16-4-1-2-5-16)22(17-7-11-19(24)12-8-17)18-9-13-20(25)14-10-18/h1-2,4-5,7-14,22,24-25H,3,6,15H2. The average molecular weight is 444 g/mol. The molecule has 3 heteroatoms. The second-order valence-corrected chi connectivity index (χ2v) is 7.19. The molecule has 2 nitrogen and oxygen atoms in total. The van der Waals surface area contributed by atoms with Gasteiger partial charge in [0.2, 0.25) is 0 Å². The Morgan fingerprint density at radius 2 is 1.28 bits per heavy atom. The van der Waals surface area contributed by atoms with Crippen molar-refractivity contribution in [1.82, 2.24) is 0 Å². The Bertz CT molecular complexity index is 739. The number of benzene rings is 2. The van der Waals surface area contributed by atoms with Gasteiger partial charge in [-0.15, -0.1) is 0 Å². The number of alkyl halides is 1. The highest BCUT2D eigenvalue weighted by Gasteiger charge is 2.21. The van der Waals surface area contributed by atoms with Gasteiger partial charge in [-0.25, -0.2) is 0 Å². The first-order valence-corrected chi connectivity index (χ1v) is 9.93. The molecule has 0 amide bonds. The summed E-state index contributed by atoms with van der Waals surface area (Å²) in [5.74, 6) is 0.650. The third kappa shape index (κ3) is 4.34. The van der Waals surface area contributed by atoms with Crippen LogP contribution in [0.25, 0.3) is 0 Å². The van der Waals surface area contributed by atoms with Crippen LogP contribution in [-0.2, 0) is 0 Å². The highest BCUT2D eigenvalue weighted by Crippen LogP contribution is 2.38. The van der Waals surface area contributed by atoms with Gasteiger partial charge in [0.1, 0.15) is 11.5 Å². The summed E-state index contributed by atoms with van der Waals surface area (Å²) in [6.45, 7) is 0. The van der Waals surface area contributed by atoms with E-state index in [0.29, 0.717) is 0 Å². The molecule has 0 bridgehead atoms. The highest BCUT2D eigenvalue weighted by molar-refractivity contribution is 14.1. The van der Waals surface area contributed by atoms with Gasteiger partial charge in [0.15, 0.2) is 0 Å². The molecule has 1 aliphatic carbocycles. The number of hydrogen-bond acceptors (Lipinski definition) is 2. The fraction of sp³-hybridized carbons (Fsp3) is 0.182. The van der Waals surface area contributed by atoms with Crippen molar-refractivity contribution in [3.8, 4) is 11.5 Å². The van der Waals surface area contributed by atoms with Crippen molar-refractivity contribution in [3.63, 3.8) is 0 Å². The van der Waals surface area contributed by atoms with E-state index in [9.17, 15) is 10.2 Å². The van der Waals surface area contributed by atoms with Crippen molar-refractivity contribution in [2.24, 2.45) is 0 Å². The van der Waals surface area contributed by atoms with E-state index in [4.69, 9.17) is 0 Å². The van der Waals surface area contributed by atoms with Crippen LogP contribution in [0.2, 0.25) is 0 Å². The first kappa shape index (κ1) is 17.8. The summed E-state index contributed by atoms with van der Waals surface area (Å²) in [7, 11) is 0. The van der Waals surface area contributed by atoms with Gasteiger partial charge in [-0.3, -0.25) is 0 Å². The van der Waals surface area contributed by atoms with Gasteiger partial charge in [-0.1, -0.05) is 76.7 Å². The minimum Gasteiger partial charge on any atom is -0.508 e. The van der Waals surface area contributed by atoms with E-state index in [2.05, 4.69) is 46.9 Å². The first-order chi connectivity index (χ1) is 12.2. The maximum atomic E-state index is 9.67. The molecular weight excluding hydrogens is 423 g/mol. The van der Waals surface area contributed by atoms with E-state index in [1.165, 1.54) is 11.1 Å². The van der Waals surface area contributed by atoms with E-state index in [0.717, 1.165) is 28.4 Å². The Hall–Kier alpha value is -2.01. The van der Waals surface area contributed by atoms with Crippen molar-refractivity contribution in [1.29, 1.82) is 0 Å². The van der Waals surface area contributed by atoms with Crippen molar-refractivity contribution in [3.05, 3.63) is 95.1 Å². The van der Waals surface area contributed by atoms with Crippen LogP contribution in [0.4, 0.5) is 0 Å². The van der Waals surface area contributed by atoms with Crippen molar-refractivity contribution < 1.29 is 10.2 Å². The van der Waals surface area contributed by atoms with Crippen LogP contribution in [-0.4, -0.2) is 14.6 Å². The molecule has 0 saturated heterocycles. The molecule has 0 unspecified atom stereocenters. The number of hydrogen-bond donors (Lipinski definition) is 2. The quantitative estimate of drug-likeness (QED) is 0.433. The van der Waals surface area contributed by atoms with Gasteiger partial charge in [0.05, 0.1) is 0 Å². The third-order valence-electron chi connectivity index (χ3n) is 4.41. The summed E-state index contributed by atoms with van der Waals surface area (Å²) >= 11 is 2.42. The highest BCUT2D eigenvalue weighted by atomic mass is 127. The zero-order valence-corrected chi connectivity index (χ0v) is 16.1. The first-order valence-electron chi connectivity index (χ1n) is 8.40. The zero-order valence-electron chi connectivity index (χ0n) is 13.9. The summed E-state index contributed by atoms with van der Waals surface area (Å²) in [5.41, 5.74) is 4.93. The van der Waals surface area contributed by atoms with Crippen molar-refractivity contribution in [2.75, 3.05) is 4.43 Å². The maximum absolute atomic E-state index is 9.67. The van der Waals surface area contributed by atoms with E-state index in [1.54, 1.807) is 24.3 Å². The molecule has 25 heavy (non-hydrogen) atoms. The Morgan fingerprint density at radius 1 is 0.800 bits per heavy atom. The Kier molecular flexibility index (Phi) is 5.97. The molecule has 1 aliphatic rings. The van der Waals surface area contributed by atoms with Gasteiger partial charge in [0.25, 0.3) is 0 Å². The van der Waals surface area contributed by atoms with Crippen molar-refractivity contribution in [2.45, 2.75) is 18.8 Å². The molecule has 0 spiro atoms. The van der Waals surface area contributed by atoms with Gasteiger partial charge in [-0.2, -0.15) is 0 Å². The number of aromatic hydroxyl groups is 2. The van der Waals surface area contributed by atoms with Crippen LogP contribution in [0.3, 0.4) is 0 Å². The molecule has 0 saturated carbocycles. The number of phenols is 2. The summed E-state index contributed by atoms with van der Waals surface area (Å²) in [6.07, 6.45) is 10.6. The molecule has 2 aromatic carbocycles. The lowest BCUT2D eigenvalue weighted by Crippen LogP contribution is -2.07. The van der Waals surface area contributed by atoms with Crippen LogP contribution in [0, 0.1) is 0 Å². The van der Waals surface area contributed by atoms with Crippen LogP contribution in [0.15, 0.2) is 84.0 Å². The number of allylic oxidation sites excluding steroid dienone is 6. The fourth-order valence-electron chi connectivity index (χ4n) is 3.23. The van der Waals surface area contributed by atoms with Crippen molar-refractivity contribution >= 4 is 22.6 Å². The van der Waals surface area contributed by atoms with E-state index in [1.807, 2.05) is 24.3 Å². The van der Waals surface area contributed by atoms with E-state index >= 15 is 0 Å². The fourth-order valence-corrected chi connectivity index (χ4v) is 3.61. The molecule has 0 fully saturated rings. The van der Waals surface area contributed by atoms with Gasteiger partial charge < -0.3 is 10.2 Å². The van der Waals surface area contributed by atoms with Gasteiger partial charge in [-0.05, 0) is 58.2 Å². The summed E-state index contributed by atoms with van der Waals surface area (Å²) in [4.78, 5) is 0.